The Morgan fingerprint density at radius 3 is 2.26 bits per heavy atom. The van der Waals surface area contributed by atoms with Crippen LogP contribution in [0.4, 0.5) is 0 Å². The maximum atomic E-state index is 13.6. The molecule has 0 aliphatic heterocycles. The predicted octanol–water partition coefficient (Wildman–Crippen LogP) is 4.49. The Bertz CT molecular complexity index is 1320. The van der Waals surface area contributed by atoms with Crippen LogP contribution in [0, 0.1) is 0 Å². The summed E-state index contributed by atoms with van der Waals surface area (Å²) in [5.74, 6) is -1.40. The number of hydrogen-bond acceptors (Lipinski definition) is 9. The van der Waals surface area contributed by atoms with E-state index in [2.05, 4.69) is 0 Å². The number of hydrogen-bond donors (Lipinski definition) is 1. The molecule has 2 aromatic carbocycles. The second-order valence-electron chi connectivity index (χ2n) is 7.52. The average molecular weight is 485 g/mol. The van der Waals surface area contributed by atoms with Gasteiger partial charge in [0.15, 0.2) is 17.3 Å². The minimum Gasteiger partial charge on any atom is -0.504 e. The molecule has 0 aliphatic carbocycles. The number of rotatable bonds is 9. The zero-order chi connectivity index (χ0) is 25.7. The van der Waals surface area contributed by atoms with Crippen molar-refractivity contribution in [2.45, 2.75) is 33.6 Å². The van der Waals surface area contributed by atoms with E-state index in [1.807, 2.05) is 6.92 Å². The van der Waals surface area contributed by atoms with Gasteiger partial charge >= 0.3 is 11.9 Å². The standard InChI is InChI=1S/C26H28O9/c1-6-9-15-16(10-11-18(31-4)21(15)27)23-24(32-5)22(28)20-17(26(30)34-8-3)12-14(13-19(20)35-23)25(29)33-7-2/h10-13,27H,6-9H2,1-5H3. The van der Waals surface area contributed by atoms with Gasteiger partial charge in [-0.2, -0.15) is 0 Å². The lowest BCUT2D eigenvalue weighted by Gasteiger charge is -2.16. The largest absolute Gasteiger partial charge is 0.504 e. The highest BCUT2D eigenvalue weighted by atomic mass is 16.5. The molecule has 0 radical (unpaired) electrons. The van der Waals surface area contributed by atoms with Crippen molar-refractivity contribution >= 4 is 22.9 Å². The molecule has 0 aliphatic rings. The van der Waals surface area contributed by atoms with Crippen LogP contribution < -0.4 is 14.9 Å². The molecule has 0 amide bonds. The van der Waals surface area contributed by atoms with Crippen molar-refractivity contribution in [3.63, 3.8) is 0 Å². The summed E-state index contributed by atoms with van der Waals surface area (Å²) in [6.45, 7) is 5.40. The predicted molar refractivity (Wildman–Crippen MR) is 129 cm³/mol. The molecular formula is C26H28O9. The smallest absolute Gasteiger partial charge is 0.339 e. The summed E-state index contributed by atoms with van der Waals surface area (Å²) in [4.78, 5) is 38.8. The van der Waals surface area contributed by atoms with Crippen LogP contribution in [0.25, 0.3) is 22.3 Å². The molecule has 3 aromatic rings. The molecule has 0 fully saturated rings. The van der Waals surface area contributed by atoms with E-state index in [1.54, 1.807) is 26.0 Å². The maximum absolute atomic E-state index is 13.6. The molecule has 3 rings (SSSR count). The second kappa shape index (κ2) is 10.9. The van der Waals surface area contributed by atoms with Gasteiger partial charge in [0.25, 0.3) is 0 Å². The number of esters is 2. The van der Waals surface area contributed by atoms with E-state index in [0.29, 0.717) is 24.0 Å². The van der Waals surface area contributed by atoms with E-state index in [0.717, 1.165) is 0 Å². The molecule has 1 aromatic heterocycles. The summed E-state index contributed by atoms with van der Waals surface area (Å²) >= 11 is 0. The van der Waals surface area contributed by atoms with Gasteiger partial charge in [-0.3, -0.25) is 4.79 Å². The summed E-state index contributed by atoms with van der Waals surface area (Å²) in [6, 6.07) is 5.78. The quantitative estimate of drug-likeness (QED) is 0.438. The number of phenolic OH excluding ortho intramolecular Hbond substituents is 1. The van der Waals surface area contributed by atoms with E-state index in [-0.39, 0.29) is 58.3 Å². The molecule has 35 heavy (non-hydrogen) atoms. The summed E-state index contributed by atoms with van der Waals surface area (Å²) in [5.41, 5.74) is 0.141. The van der Waals surface area contributed by atoms with Crippen LogP contribution in [-0.2, 0) is 15.9 Å². The van der Waals surface area contributed by atoms with Gasteiger partial charge in [-0.05, 0) is 44.5 Å². The fourth-order valence-electron chi connectivity index (χ4n) is 3.86. The van der Waals surface area contributed by atoms with Gasteiger partial charge in [-0.15, -0.1) is 0 Å². The lowest BCUT2D eigenvalue weighted by atomic mass is 9.97. The van der Waals surface area contributed by atoms with Crippen LogP contribution in [0.2, 0.25) is 0 Å². The van der Waals surface area contributed by atoms with Gasteiger partial charge in [-0.1, -0.05) is 13.3 Å². The van der Waals surface area contributed by atoms with Crippen LogP contribution in [0.5, 0.6) is 17.2 Å². The van der Waals surface area contributed by atoms with Crippen LogP contribution in [-0.4, -0.2) is 44.5 Å². The summed E-state index contributed by atoms with van der Waals surface area (Å²) in [5, 5.41) is 10.7. The third kappa shape index (κ3) is 4.80. The van der Waals surface area contributed by atoms with Gasteiger partial charge in [0.1, 0.15) is 5.58 Å². The number of phenols is 1. The molecule has 0 bridgehead atoms. The molecule has 1 heterocycles. The number of ether oxygens (including phenoxy) is 4. The molecule has 186 valence electrons. The first kappa shape index (κ1) is 25.6. The van der Waals surface area contributed by atoms with Crippen molar-refractivity contribution in [3.05, 3.63) is 51.2 Å². The zero-order valence-corrected chi connectivity index (χ0v) is 20.4. The van der Waals surface area contributed by atoms with Crippen molar-refractivity contribution in [3.8, 4) is 28.6 Å². The Morgan fingerprint density at radius 2 is 1.66 bits per heavy atom. The molecule has 1 N–H and O–H groups in total. The summed E-state index contributed by atoms with van der Waals surface area (Å²) < 4.78 is 26.9. The highest BCUT2D eigenvalue weighted by molar-refractivity contribution is 6.07. The lowest BCUT2D eigenvalue weighted by Crippen LogP contribution is -2.16. The molecular weight excluding hydrogens is 456 g/mol. The highest BCUT2D eigenvalue weighted by Gasteiger charge is 2.27. The number of aromatic hydroxyl groups is 1. The molecule has 0 atom stereocenters. The van der Waals surface area contributed by atoms with Crippen molar-refractivity contribution in [1.82, 2.24) is 0 Å². The Balaban J connectivity index is 2.43. The minimum absolute atomic E-state index is 0.0213. The van der Waals surface area contributed by atoms with Crippen LogP contribution in [0.15, 0.2) is 33.5 Å². The lowest BCUT2D eigenvalue weighted by molar-refractivity contribution is 0.0526. The number of carbonyl (C=O) groups excluding carboxylic acids is 2. The molecule has 0 spiro atoms. The number of benzene rings is 2. The van der Waals surface area contributed by atoms with E-state index < -0.39 is 17.4 Å². The third-order valence-electron chi connectivity index (χ3n) is 5.37. The van der Waals surface area contributed by atoms with Gasteiger partial charge in [0.05, 0.1) is 43.9 Å². The average Bonchev–Trinajstić information content (AvgIpc) is 2.84. The topological polar surface area (TPSA) is 122 Å². The summed E-state index contributed by atoms with van der Waals surface area (Å²) in [6.07, 6.45) is 1.15. The molecule has 9 heteroatoms. The number of carbonyl (C=O) groups is 2. The van der Waals surface area contributed by atoms with E-state index >= 15 is 0 Å². The Kier molecular flexibility index (Phi) is 8.01. The van der Waals surface area contributed by atoms with E-state index in [1.165, 1.54) is 26.4 Å². The van der Waals surface area contributed by atoms with Gasteiger partial charge in [0.2, 0.25) is 11.2 Å². The van der Waals surface area contributed by atoms with Gasteiger partial charge < -0.3 is 28.5 Å². The molecule has 0 saturated carbocycles. The van der Waals surface area contributed by atoms with Gasteiger partial charge in [-0.25, -0.2) is 9.59 Å². The maximum Gasteiger partial charge on any atom is 0.339 e. The SMILES string of the molecule is CCCc1c(-c2oc3cc(C(=O)OCC)cc(C(=O)OCC)c3c(=O)c2OC)ccc(OC)c1O. The molecule has 0 unspecified atom stereocenters. The fourth-order valence-corrected chi connectivity index (χ4v) is 3.86. The third-order valence-corrected chi connectivity index (χ3v) is 5.37. The normalized spacial score (nSPS) is 10.8. The second-order valence-corrected chi connectivity index (χ2v) is 7.52. The first-order valence-corrected chi connectivity index (χ1v) is 11.2. The summed E-state index contributed by atoms with van der Waals surface area (Å²) in [7, 11) is 2.75. The Hall–Kier alpha value is -4.01. The van der Waals surface area contributed by atoms with Crippen LogP contribution in [0.1, 0.15) is 53.5 Å². The minimum atomic E-state index is -0.792. The van der Waals surface area contributed by atoms with Crippen LogP contribution in [0.3, 0.4) is 0 Å². The number of methoxy groups -OCH3 is 2. The molecule has 9 nitrogen and oxygen atoms in total. The Labute approximate surface area is 202 Å². The monoisotopic (exact) mass is 484 g/mol. The van der Waals surface area contributed by atoms with E-state index in [9.17, 15) is 19.5 Å². The van der Waals surface area contributed by atoms with Crippen molar-refractivity contribution < 1.29 is 38.1 Å². The molecule has 0 saturated heterocycles. The zero-order valence-electron chi connectivity index (χ0n) is 20.4. The Morgan fingerprint density at radius 1 is 0.971 bits per heavy atom. The first-order valence-electron chi connectivity index (χ1n) is 11.2. The van der Waals surface area contributed by atoms with Crippen LogP contribution >= 0.6 is 0 Å². The van der Waals surface area contributed by atoms with E-state index in [4.69, 9.17) is 23.4 Å². The first-order chi connectivity index (χ1) is 16.8. The van der Waals surface area contributed by atoms with Crippen molar-refractivity contribution in [2.24, 2.45) is 0 Å². The highest BCUT2D eigenvalue weighted by Crippen LogP contribution is 2.41. The van der Waals surface area contributed by atoms with Crippen molar-refractivity contribution in [1.29, 1.82) is 0 Å². The fraction of sp³-hybridized carbons (Fsp3) is 0.346. The van der Waals surface area contributed by atoms with Gasteiger partial charge in [0, 0.05) is 11.1 Å². The number of fused-ring (bicyclic) bond motifs is 1. The van der Waals surface area contributed by atoms with Crippen molar-refractivity contribution in [2.75, 3.05) is 27.4 Å².